The minimum Gasteiger partial charge on any atom is -0.229 e. The average molecular weight is 312 g/mol. The van der Waals surface area contributed by atoms with Crippen molar-refractivity contribution in [2.45, 2.75) is 11.8 Å². The Bertz CT molecular complexity index is 431. The number of sulfone groups is 1. The van der Waals surface area contributed by atoms with Gasteiger partial charge in [-0.25, -0.2) is 8.42 Å². The van der Waals surface area contributed by atoms with E-state index >= 15 is 0 Å². The molecular formula is C10H12BrClO2S. The molecule has 1 unspecified atom stereocenters. The highest BCUT2D eigenvalue weighted by Gasteiger charge is 2.13. The number of rotatable bonds is 4. The molecule has 2 nitrogen and oxygen atoms in total. The molecule has 1 aromatic rings. The lowest BCUT2D eigenvalue weighted by Gasteiger charge is -2.08. The van der Waals surface area contributed by atoms with Crippen LogP contribution in [0.15, 0.2) is 28.7 Å². The monoisotopic (exact) mass is 310 g/mol. The molecule has 0 bridgehead atoms. The first-order valence-corrected chi connectivity index (χ1v) is 7.72. The molecule has 0 saturated carbocycles. The van der Waals surface area contributed by atoms with Crippen molar-refractivity contribution in [2.75, 3.05) is 12.0 Å². The van der Waals surface area contributed by atoms with E-state index in [-0.39, 0.29) is 11.1 Å². The molecule has 0 aliphatic rings. The number of alkyl halides is 1. The summed E-state index contributed by atoms with van der Waals surface area (Å²) in [5.41, 5.74) is 1.04. The second-order valence-electron chi connectivity index (χ2n) is 3.52. The number of benzene rings is 1. The summed E-state index contributed by atoms with van der Waals surface area (Å²) in [5.74, 6) is 0.0149. The molecule has 84 valence electrons. The fourth-order valence-corrected chi connectivity index (χ4v) is 3.39. The smallest absolute Gasteiger partial charge is 0.148 e. The van der Waals surface area contributed by atoms with Crippen LogP contribution in [0.5, 0.6) is 0 Å². The van der Waals surface area contributed by atoms with Gasteiger partial charge in [0.25, 0.3) is 0 Å². The SMILES string of the molecule is CS(=O)(=O)CC(Cl)Cc1cccc(Br)c1. The maximum Gasteiger partial charge on any atom is 0.148 e. The van der Waals surface area contributed by atoms with Crippen LogP contribution in [0.3, 0.4) is 0 Å². The van der Waals surface area contributed by atoms with Gasteiger partial charge in [-0.2, -0.15) is 0 Å². The van der Waals surface area contributed by atoms with Crippen molar-refractivity contribution in [3.05, 3.63) is 34.3 Å². The molecule has 1 rings (SSSR count). The molecule has 0 aliphatic carbocycles. The highest BCUT2D eigenvalue weighted by molar-refractivity contribution is 9.10. The molecule has 1 atom stereocenters. The third-order valence-electron chi connectivity index (χ3n) is 1.83. The maximum atomic E-state index is 11.0. The number of hydrogen-bond donors (Lipinski definition) is 0. The van der Waals surface area contributed by atoms with Crippen LogP contribution >= 0.6 is 27.5 Å². The van der Waals surface area contributed by atoms with Crippen LogP contribution in [0.1, 0.15) is 5.56 Å². The van der Waals surface area contributed by atoms with Crippen molar-refractivity contribution in [2.24, 2.45) is 0 Å². The fourth-order valence-electron chi connectivity index (χ4n) is 1.31. The Hall–Kier alpha value is -0.0600. The Balaban J connectivity index is 2.63. The molecule has 5 heteroatoms. The van der Waals surface area contributed by atoms with Gasteiger partial charge in [-0.1, -0.05) is 28.1 Å². The lowest BCUT2D eigenvalue weighted by Crippen LogP contribution is -2.17. The molecule has 1 aromatic carbocycles. The zero-order valence-corrected chi connectivity index (χ0v) is 11.4. The zero-order chi connectivity index (χ0) is 11.5. The van der Waals surface area contributed by atoms with Crippen molar-refractivity contribution in [3.8, 4) is 0 Å². The summed E-state index contributed by atoms with van der Waals surface area (Å²) in [7, 11) is -3.00. The molecule has 0 aromatic heterocycles. The second kappa shape index (κ2) is 5.32. The van der Waals surface area contributed by atoms with Gasteiger partial charge in [0.1, 0.15) is 9.84 Å². The lowest BCUT2D eigenvalue weighted by molar-refractivity contribution is 0.599. The van der Waals surface area contributed by atoms with E-state index in [0.717, 1.165) is 10.0 Å². The normalized spacial score (nSPS) is 13.8. The first-order chi connectivity index (χ1) is 6.87. The molecule has 0 spiro atoms. The van der Waals surface area contributed by atoms with E-state index in [1.165, 1.54) is 6.26 Å². The van der Waals surface area contributed by atoms with Crippen LogP contribution in [0, 0.1) is 0 Å². The second-order valence-corrected chi connectivity index (χ2v) is 7.24. The van der Waals surface area contributed by atoms with E-state index in [4.69, 9.17) is 11.6 Å². The zero-order valence-electron chi connectivity index (χ0n) is 8.28. The Kier molecular flexibility index (Phi) is 4.62. The van der Waals surface area contributed by atoms with Crippen molar-refractivity contribution < 1.29 is 8.42 Å². The molecular weight excluding hydrogens is 300 g/mol. The molecule has 0 amide bonds. The predicted molar refractivity (Wildman–Crippen MR) is 67.2 cm³/mol. The molecule has 0 radical (unpaired) electrons. The molecule has 0 saturated heterocycles. The van der Waals surface area contributed by atoms with Gasteiger partial charge in [-0.05, 0) is 24.1 Å². The van der Waals surface area contributed by atoms with Crippen molar-refractivity contribution in [3.63, 3.8) is 0 Å². The van der Waals surface area contributed by atoms with Gasteiger partial charge in [0.05, 0.1) is 11.1 Å². The van der Waals surface area contributed by atoms with Crippen molar-refractivity contribution in [1.82, 2.24) is 0 Å². The van der Waals surface area contributed by atoms with Crippen LogP contribution in [-0.4, -0.2) is 25.8 Å². The summed E-state index contributed by atoms with van der Waals surface area (Å²) in [6.45, 7) is 0. The van der Waals surface area contributed by atoms with Crippen LogP contribution in [0.25, 0.3) is 0 Å². The van der Waals surface area contributed by atoms with Gasteiger partial charge in [0.2, 0.25) is 0 Å². The third kappa shape index (κ3) is 5.54. The van der Waals surface area contributed by atoms with Gasteiger partial charge in [-0.3, -0.25) is 0 Å². The summed E-state index contributed by atoms with van der Waals surface area (Å²) in [4.78, 5) is 0. The minimum atomic E-state index is -3.00. The van der Waals surface area contributed by atoms with Gasteiger partial charge in [-0.15, -0.1) is 11.6 Å². The van der Waals surface area contributed by atoms with Crippen LogP contribution in [0.4, 0.5) is 0 Å². The van der Waals surface area contributed by atoms with E-state index in [0.29, 0.717) is 6.42 Å². The van der Waals surface area contributed by atoms with Gasteiger partial charge in [0, 0.05) is 10.7 Å². The molecule has 0 fully saturated rings. The Labute approximate surface area is 104 Å². The van der Waals surface area contributed by atoms with E-state index in [2.05, 4.69) is 15.9 Å². The topological polar surface area (TPSA) is 34.1 Å². The van der Waals surface area contributed by atoms with E-state index < -0.39 is 9.84 Å². The molecule has 0 heterocycles. The first kappa shape index (κ1) is 13.0. The van der Waals surface area contributed by atoms with Gasteiger partial charge >= 0.3 is 0 Å². The lowest BCUT2D eigenvalue weighted by atomic mass is 10.1. The highest BCUT2D eigenvalue weighted by Crippen LogP contribution is 2.15. The summed E-state index contributed by atoms with van der Waals surface area (Å²) >= 11 is 9.31. The van der Waals surface area contributed by atoms with Crippen LogP contribution in [-0.2, 0) is 16.3 Å². The van der Waals surface area contributed by atoms with E-state index in [9.17, 15) is 8.42 Å². The van der Waals surface area contributed by atoms with E-state index in [1.54, 1.807) is 0 Å². The Morgan fingerprint density at radius 1 is 1.47 bits per heavy atom. The minimum absolute atomic E-state index is 0.0149. The Morgan fingerprint density at radius 3 is 2.67 bits per heavy atom. The quantitative estimate of drug-likeness (QED) is 0.801. The summed E-state index contributed by atoms with van der Waals surface area (Å²) in [6.07, 6.45) is 1.76. The maximum absolute atomic E-state index is 11.0. The molecule has 0 aliphatic heterocycles. The van der Waals surface area contributed by atoms with Crippen molar-refractivity contribution >= 4 is 37.4 Å². The third-order valence-corrected chi connectivity index (χ3v) is 3.82. The first-order valence-electron chi connectivity index (χ1n) is 4.43. The fraction of sp³-hybridized carbons (Fsp3) is 0.400. The summed E-state index contributed by atoms with van der Waals surface area (Å²) in [5, 5.41) is -0.366. The van der Waals surface area contributed by atoms with Crippen LogP contribution in [0.2, 0.25) is 0 Å². The largest absolute Gasteiger partial charge is 0.229 e. The Morgan fingerprint density at radius 2 is 2.13 bits per heavy atom. The van der Waals surface area contributed by atoms with Gasteiger partial charge in [0.15, 0.2) is 0 Å². The molecule has 15 heavy (non-hydrogen) atoms. The average Bonchev–Trinajstić information content (AvgIpc) is 1.99. The highest BCUT2D eigenvalue weighted by atomic mass is 79.9. The standard InChI is InChI=1S/C10H12BrClO2S/c1-15(13,14)7-10(12)6-8-3-2-4-9(11)5-8/h2-5,10H,6-7H2,1H3. The van der Waals surface area contributed by atoms with Gasteiger partial charge < -0.3 is 0 Å². The summed E-state index contributed by atoms with van der Waals surface area (Å²) in [6, 6.07) is 7.70. The van der Waals surface area contributed by atoms with Crippen LogP contribution < -0.4 is 0 Å². The predicted octanol–water partition coefficient (Wildman–Crippen LogP) is 2.64. The number of halogens is 2. The van der Waals surface area contributed by atoms with Crippen molar-refractivity contribution in [1.29, 1.82) is 0 Å². The number of hydrogen-bond acceptors (Lipinski definition) is 2. The summed E-state index contributed by atoms with van der Waals surface area (Å²) < 4.78 is 23.0. The molecule has 0 N–H and O–H groups in total. The van der Waals surface area contributed by atoms with E-state index in [1.807, 2.05) is 24.3 Å².